The summed E-state index contributed by atoms with van der Waals surface area (Å²) in [4.78, 5) is 0. The minimum absolute atomic E-state index is 0.0519. The molecule has 1 fully saturated rings. The van der Waals surface area contributed by atoms with Gasteiger partial charge in [0, 0.05) is 24.2 Å². The van der Waals surface area contributed by atoms with Gasteiger partial charge in [0.25, 0.3) is 0 Å². The first-order chi connectivity index (χ1) is 8.00. The summed E-state index contributed by atoms with van der Waals surface area (Å²) in [5, 5.41) is 32.1. The molecule has 0 bridgehead atoms. The lowest BCUT2D eigenvalue weighted by molar-refractivity contribution is -0.0329. The van der Waals surface area contributed by atoms with Crippen LogP contribution in [0.1, 0.15) is 37.8 Å². The average Bonchev–Trinajstić information content (AvgIpc) is 2.23. The summed E-state index contributed by atoms with van der Waals surface area (Å²) in [5.74, 6) is 0.127. The number of nitrogens with one attached hydrogen (secondary N) is 1. The van der Waals surface area contributed by atoms with E-state index in [9.17, 15) is 15.3 Å². The molecule has 0 aromatic heterocycles. The Bertz CT molecular complexity index is 402. The van der Waals surface area contributed by atoms with Gasteiger partial charge in [-0.05, 0) is 32.3 Å². The third-order valence-electron chi connectivity index (χ3n) is 3.50. The summed E-state index contributed by atoms with van der Waals surface area (Å²) in [7, 11) is 0. The zero-order chi connectivity index (χ0) is 12.5. The number of phenols is 2. The van der Waals surface area contributed by atoms with E-state index in [0.29, 0.717) is 6.54 Å². The Morgan fingerprint density at radius 2 is 2.06 bits per heavy atom. The summed E-state index contributed by atoms with van der Waals surface area (Å²) < 4.78 is 0. The van der Waals surface area contributed by atoms with Crippen molar-refractivity contribution in [2.24, 2.45) is 0 Å². The van der Waals surface area contributed by atoms with Gasteiger partial charge >= 0.3 is 0 Å². The Morgan fingerprint density at radius 1 is 1.35 bits per heavy atom. The zero-order valence-electron chi connectivity index (χ0n) is 9.98. The van der Waals surface area contributed by atoms with Crippen molar-refractivity contribution in [3.8, 4) is 11.5 Å². The van der Waals surface area contributed by atoms with Gasteiger partial charge in [-0.1, -0.05) is 6.07 Å². The van der Waals surface area contributed by atoms with E-state index in [1.165, 1.54) is 6.07 Å². The van der Waals surface area contributed by atoms with E-state index in [0.717, 1.165) is 24.8 Å². The van der Waals surface area contributed by atoms with Crippen molar-refractivity contribution in [1.29, 1.82) is 0 Å². The second-order valence-corrected chi connectivity index (χ2v) is 4.92. The molecule has 4 heteroatoms. The molecule has 0 radical (unpaired) electrons. The van der Waals surface area contributed by atoms with Crippen LogP contribution in [0.2, 0.25) is 0 Å². The molecule has 1 aliphatic rings. The average molecular weight is 237 g/mol. The van der Waals surface area contributed by atoms with Crippen LogP contribution in [0.5, 0.6) is 11.5 Å². The topological polar surface area (TPSA) is 72.7 Å². The highest BCUT2D eigenvalue weighted by molar-refractivity contribution is 5.40. The van der Waals surface area contributed by atoms with Crippen molar-refractivity contribution in [2.45, 2.75) is 37.8 Å². The number of aromatic hydroxyl groups is 2. The molecule has 17 heavy (non-hydrogen) atoms. The van der Waals surface area contributed by atoms with Crippen LogP contribution in [-0.4, -0.2) is 27.5 Å². The van der Waals surface area contributed by atoms with Crippen molar-refractivity contribution < 1.29 is 15.3 Å². The highest BCUT2D eigenvalue weighted by Gasteiger charge is 2.34. The Kier molecular flexibility index (Phi) is 3.26. The van der Waals surface area contributed by atoms with Crippen molar-refractivity contribution in [3.63, 3.8) is 0 Å². The molecule has 1 unspecified atom stereocenters. The van der Waals surface area contributed by atoms with Gasteiger partial charge in [-0.25, -0.2) is 0 Å². The van der Waals surface area contributed by atoms with Crippen LogP contribution < -0.4 is 5.32 Å². The molecule has 1 saturated carbocycles. The monoisotopic (exact) mass is 237 g/mol. The first-order valence-electron chi connectivity index (χ1n) is 5.98. The Morgan fingerprint density at radius 3 is 2.59 bits per heavy atom. The highest BCUT2D eigenvalue weighted by atomic mass is 16.3. The maximum Gasteiger partial charge on any atom is 0.124 e. The van der Waals surface area contributed by atoms with Crippen molar-refractivity contribution in [3.05, 3.63) is 23.8 Å². The molecule has 1 aromatic rings. The predicted octanol–water partition coefficient (Wildman–Crippen LogP) is 1.66. The molecule has 94 valence electrons. The zero-order valence-corrected chi connectivity index (χ0v) is 9.98. The van der Waals surface area contributed by atoms with E-state index in [1.807, 2.05) is 6.92 Å². The van der Waals surface area contributed by atoms with Crippen LogP contribution in [0.4, 0.5) is 0 Å². The molecule has 4 N–H and O–H groups in total. The number of hydrogen-bond donors (Lipinski definition) is 4. The molecule has 1 aromatic carbocycles. The minimum Gasteiger partial charge on any atom is -0.508 e. The fourth-order valence-corrected chi connectivity index (χ4v) is 2.11. The second kappa shape index (κ2) is 4.55. The lowest BCUT2D eigenvalue weighted by Gasteiger charge is -2.37. The summed E-state index contributed by atoms with van der Waals surface area (Å²) in [6, 6.07) is 4.50. The number of phenolic OH excluding ortho intramolecular Hbond substituents is 2. The van der Waals surface area contributed by atoms with Crippen LogP contribution in [0, 0.1) is 0 Å². The van der Waals surface area contributed by atoms with Crippen molar-refractivity contribution >= 4 is 0 Å². The Labute approximate surface area is 101 Å². The quantitative estimate of drug-likeness (QED) is 0.642. The van der Waals surface area contributed by atoms with Gasteiger partial charge < -0.3 is 20.6 Å². The predicted molar refractivity (Wildman–Crippen MR) is 65.0 cm³/mol. The van der Waals surface area contributed by atoms with Crippen molar-refractivity contribution in [2.75, 3.05) is 6.54 Å². The van der Waals surface area contributed by atoms with E-state index in [1.54, 1.807) is 12.1 Å². The minimum atomic E-state index is -0.569. The molecular formula is C13H19NO3. The van der Waals surface area contributed by atoms with Gasteiger partial charge in [-0.2, -0.15) is 0 Å². The van der Waals surface area contributed by atoms with E-state index in [4.69, 9.17) is 0 Å². The Hall–Kier alpha value is -1.26. The van der Waals surface area contributed by atoms with E-state index in [2.05, 4.69) is 5.32 Å². The molecule has 1 aliphatic carbocycles. The highest BCUT2D eigenvalue weighted by Crippen LogP contribution is 2.32. The molecule has 0 amide bonds. The molecule has 0 spiro atoms. The van der Waals surface area contributed by atoms with E-state index < -0.39 is 5.60 Å². The summed E-state index contributed by atoms with van der Waals surface area (Å²) in [5.41, 5.74) is 0.159. The molecule has 0 aliphatic heterocycles. The molecule has 4 nitrogen and oxygen atoms in total. The molecule has 2 rings (SSSR count). The van der Waals surface area contributed by atoms with Gasteiger partial charge in [0.2, 0.25) is 0 Å². The fraction of sp³-hybridized carbons (Fsp3) is 0.538. The standard InChI is InChI=1S/C13H19NO3/c1-9(14-8-13(17)5-2-6-13)11-4-3-10(15)7-12(11)16/h3-4,7,9,14-17H,2,5-6,8H2,1H3. The third kappa shape index (κ3) is 2.70. The molecule has 0 heterocycles. The van der Waals surface area contributed by atoms with Crippen LogP contribution in [0.3, 0.4) is 0 Å². The first kappa shape index (κ1) is 12.2. The van der Waals surface area contributed by atoms with Gasteiger partial charge in [-0.3, -0.25) is 0 Å². The SMILES string of the molecule is CC(NCC1(O)CCC1)c1ccc(O)cc1O. The lowest BCUT2D eigenvalue weighted by atomic mass is 9.80. The second-order valence-electron chi connectivity index (χ2n) is 4.92. The maximum absolute atomic E-state index is 9.95. The Balaban J connectivity index is 1.96. The van der Waals surface area contributed by atoms with E-state index in [-0.39, 0.29) is 17.5 Å². The van der Waals surface area contributed by atoms with Crippen LogP contribution >= 0.6 is 0 Å². The molecule has 0 saturated heterocycles. The summed E-state index contributed by atoms with van der Waals surface area (Å²) in [6.45, 7) is 2.46. The number of rotatable bonds is 4. The van der Waals surface area contributed by atoms with E-state index >= 15 is 0 Å². The molecular weight excluding hydrogens is 218 g/mol. The van der Waals surface area contributed by atoms with Gasteiger partial charge in [0.1, 0.15) is 11.5 Å². The normalized spacial score (nSPS) is 19.6. The smallest absolute Gasteiger partial charge is 0.124 e. The first-order valence-corrected chi connectivity index (χ1v) is 5.98. The summed E-state index contributed by atoms with van der Waals surface area (Å²) >= 11 is 0. The third-order valence-corrected chi connectivity index (χ3v) is 3.50. The van der Waals surface area contributed by atoms with Gasteiger partial charge in [-0.15, -0.1) is 0 Å². The van der Waals surface area contributed by atoms with Crippen molar-refractivity contribution in [1.82, 2.24) is 5.32 Å². The van der Waals surface area contributed by atoms with Crippen LogP contribution in [-0.2, 0) is 0 Å². The summed E-state index contributed by atoms with van der Waals surface area (Å²) in [6.07, 6.45) is 2.76. The number of benzene rings is 1. The lowest BCUT2D eigenvalue weighted by Crippen LogP contribution is -2.46. The van der Waals surface area contributed by atoms with Gasteiger partial charge in [0.05, 0.1) is 5.60 Å². The maximum atomic E-state index is 9.95. The molecule has 1 atom stereocenters. The van der Waals surface area contributed by atoms with Gasteiger partial charge in [0.15, 0.2) is 0 Å². The largest absolute Gasteiger partial charge is 0.508 e. The fourth-order valence-electron chi connectivity index (χ4n) is 2.11. The number of hydrogen-bond acceptors (Lipinski definition) is 4. The number of aliphatic hydroxyl groups is 1. The van der Waals surface area contributed by atoms with Crippen LogP contribution in [0.15, 0.2) is 18.2 Å². The van der Waals surface area contributed by atoms with Crippen LogP contribution in [0.25, 0.3) is 0 Å².